The van der Waals surface area contributed by atoms with Gasteiger partial charge in [0.05, 0.1) is 12.8 Å². The topological polar surface area (TPSA) is 75.6 Å². The number of carbonyl (C=O) groups is 2. The second kappa shape index (κ2) is 7.13. The van der Waals surface area contributed by atoms with Gasteiger partial charge in [0, 0.05) is 17.3 Å². The van der Waals surface area contributed by atoms with Crippen LogP contribution >= 0.6 is 15.9 Å². The van der Waals surface area contributed by atoms with Crippen molar-refractivity contribution in [3.05, 3.63) is 22.7 Å². The van der Waals surface area contributed by atoms with Crippen molar-refractivity contribution in [2.45, 2.75) is 19.8 Å². The number of rotatable bonds is 6. The lowest BCUT2D eigenvalue weighted by Gasteiger charge is -2.12. The number of benzene rings is 1. The molecule has 1 unspecified atom stereocenters. The maximum absolute atomic E-state index is 11.8. The Morgan fingerprint density at radius 2 is 2.11 bits per heavy atom. The van der Waals surface area contributed by atoms with Gasteiger partial charge in [0.2, 0.25) is 5.91 Å². The van der Waals surface area contributed by atoms with Crippen LogP contribution in [0.5, 0.6) is 5.75 Å². The summed E-state index contributed by atoms with van der Waals surface area (Å²) in [6.45, 7) is 1.73. The Morgan fingerprint density at radius 3 is 2.68 bits per heavy atom. The van der Waals surface area contributed by atoms with Crippen LogP contribution in [-0.4, -0.2) is 24.1 Å². The third-order valence-corrected chi connectivity index (χ3v) is 2.99. The number of carboxylic acids is 1. The van der Waals surface area contributed by atoms with Gasteiger partial charge in [0.25, 0.3) is 0 Å². The van der Waals surface area contributed by atoms with Crippen molar-refractivity contribution in [2.24, 2.45) is 5.92 Å². The van der Waals surface area contributed by atoms with E-state index in [1.165, 1.54) is 7.11 Å². The first-order chi connectivity index (χ1) is 8.92. The number of carboxylic acid groups (broad SMARTS) is 1. The average Bonchev–Trinajstić information content (AvgIpc) is 2.27. The Kier molecular flexibility index (Phi) is 5.82. The van der Waals surface area contributed by atoms with Gasteiger partial charge in [0.1, 0.15) is 5.75 Å². The van der Waals surface area contributed by atoms with E-state index in [1.54, 1.807) is 19.1 Å². The SMILES string of the molecule is COc1ccc(Br)cc1NC(=O)CC(C)CC(=O)O. The molecule has 0 fully saturated rings. The molecule has 6 heteroatoms. The minimum atomic E-state index is -0.902. The number of aliphatic carboxylic acids is 1. The number of carbonyl (C=O) groups excluding carboxylic acids is 1. The summed E-state index contributed by atoms with van der Waals surface area (Å²) < 4.78 is 5.96. The van der Waals surface area contributed by atoms with Gasteiger partial charge in [-0.25, -0.2) is 0 Å². The van der Waals surface area contributed by atoms with E-state index in [9.17, 15) is 9.59 Å². The minimum Gasteiger partial charge on any atom is -0.495 e. The molecule has 0 aliphatic heterocycles. The van der Waals surface area contributed by atoms with E-state index in [-0.39, 0.29) is 24.7 Å². The third-order valence-electron chi connectivity index (χ3n) is 2.49. The predicted molar refractivity (Wildman–Crippen MR) is 75.4 cm³/mol. The molecule has 104 valence electrons. The zero-order chi connectivity index (χ0) is 14.4. The number of halogens is 1. The van der Waals surface area contributed by atoms with Gasteiger partial charge in [0.15, 0.2) is 0 Å². The molecule has 0 aliphatic rings. The number of hydrogen-bond acceptors (Lipinski definition) is 3. The van der Waals surface area contributed by atoms with Gasteiger partial charge in [-0.05, 0) is 24.1 Å². The molecule has 0 radical (unpaired) electrons. The number of ether oxygens (including phenoxy) is 1. The van der Waals surface area contributed by atoms with Crippen LogP contribution in [0.15, 0.2) is 22.7 Å². The van der Waals surface area contributed by atoms with Crippen LogP contribution in [0.4, 0.5) is 5.69 Å². The summed E-state index contributed by atoms with van der Waals surface area (Å²) in [5, 5.41) is 11.4. The van der Waals surface area contributed by atoms with E-state index in [0.29, 0.717) is 11.4 Å². The van der Waals surface area contributed by atoms with E-state index < -0.39 is 5.97 Å². The Morgan fingerprint density at radius 1 is 1.42 bits per heavy atom. The van der Waals surface area contributed by atoms with Crippen molar-refractivity contribution in [1.29, 1.82) is 0 Å². The second-order valence-corrected chi connectivity index (χ2v) is 5.22. The van der Waals surface area contributed by atoms with Crippen molar-refractivity contribution in [2.75, 3.05) is 12.4 Å². The number of anilines is 1. The maximum Gasteiger partial charge on any atom is 0.303 e. The lowest BCUT2D eigenvalue weighted by molar-refractivity contribution is -0.138. The Hall–Kier alpha value is -1.56. The molecule has 1 atom stereocenters. The largest absolute Gasteiger partial charge is 0.495 e. The fourth-order valence-corrected chi connectivity index (χ4v) is 2.03. The van der Waals surface area contributed by atoms with Gasteiger partial charge in [-0.2, -0.15) is 0 Å². The number of hydrogen-bond donors (Lipinski definition) is 2. The summed E-state index contributed by atoms with van der Waals surface area (Å²) in [5.41, 5.74) is 0.560. The summed E-state index contributed by atoms with van der Waals surface area (Å²) in [6.07, 6.45) is 0.130. The smallest absolute Gasteiger partial charge is 0.303 e. The quantitative estimate of drug-likeness (QED) is 0.841. The lowest BCUT2D eigenvalue weighted by Crippen LogP contribution is -2.17. The van der Waals surface area contributed by atoms with Gasteiger partial charge in [-0.3, -0.25) is 9.59 Å². The van der Waals surface area contributed by atoms with Crippen LogP contribution in [0.2, 0.25) is 0 Å². The van der Waals surface area contributed by atoms with Crippen molar-refractivity contribution in [3.8, 4) is 5.75 Å². The molecule has 0 aliphatic carbocycles. The maximum atomic E-state index is 11.8. The first-order valence-electron chi connectivity index (χ1n) is 5.77. The monoisotopic (exact) mass is 329 g/mol. The van der Waals surface area contributed by atoms with E-state index in [4.69, 9.17) is 9.84 Å². The third kappa shape index (κ3) is 5.30. The van der Waals surface area contributed by atoms with Crippen molar-refractivity contribution in [1.82, 2.24) is 0 Å². The van der Waals surface area contributed by atoms with Crippen molar-refractivity contribution < 1.29 is 19.4 Å². The molecule has 19 heavy (non-hydrogen) atoms. The first-order valence-corrected chi connectivity index (χ1v) is 6.57. The normalized spacial score (nSPS) is 11.7. The first kappa shape index (κ1) is 15.5. The summed E-state index contributed by atoms with van der Waals surface area (Å²) in [5.74, 6) is -0.788. The van der Waals surface area contributed by atoms with Crippen molar-refractivity contribution >= 4 is 33.5 Å². The summed E-state index contributed by atoms with van der Waals surface area (Å²) in [6, 6.07) is 5.28. The summed E-state index contributed by atoms with van der Waals surface area (Å²) >= 11 is 3.31. The zero-order valence-corrected chi connectivity index (χ0v) is 12.4. The molecule has 0 saturated carbocycles. The molecule has 0 heterocycles. The molecule has 1 amide bonds. The number of nitrogens with one attached hydrogen (secondary N) is 1. The lowest BCUT2D eigenvalue weighted by atomic mass is 10.0. The highest BCUT2D eigenvalue weighted by Crippen LogP contribution is 2.28. The predicted octanol–water partition coefficient (Wildman–Crippen LogP) is 2.90. The fraction of sp³-hybridized carbons (Fsp3) is 0.385. The Balaban J connectivity index is 2.66. The van der Waals surface area contributed by atoms with Crippen LogP contribution in [-0.2, 0) is 9.59 Å². The van der Waals surface area contributed by atoms with E-state index in [2.05, 4.69) is 21.2 Å². The van der Waals surface area contributed by atoms with Crippen LogP contribution in [0.1, 0.15) is 19.8 Å². The highest BCUT2D eigenvalue weighted by atomic mass is 79.9. The molecule has 5 nitrogen and oxygen atoms in total. The molecule has 1 aromatic rings. The summed E-state index contributed by atoms with van der Waals surface area (Å²) in [4.78, 5) is 22.3. The molecular formula is C13H16BrNO4. The minimum absolute atomic E-state index is 0.0248. The molecule has 0 aromatic heterocycles. The second-order valence-electron chi connectivity index (χ2n) is 4.30. The zero-order valence-electron chi connectivity index (χ0n) is 10.8. The van der Waals surface area contributed by atoms with Crippen molar-refractivity contribution in [3.63, 3.8) is 0 Å². The molecule has 0 bridgehead atoms. The molecule has 2 N–H and O–H groups in total. The van der Waals surface area contributed by atoms with E-state index in [1.807, 2.05) is 6.07 Å². The molecule has 1 aromatic carbocycles. The van der Waals surface area contributed by atoms with Gasteiger partial charge in [-0.1, -0.05) is 22.9 Å². The highest BCUT2D eigenvalue weighted by molar-refractivity contribution is 9.10. The molecule has 0 spiro atoms. The van der Waals surface area contributed by atoms with E-state index >= 15 is 0 Å². The van der Waals surface area contributed by atoms with E-state index in [0.717, 1.165) is 4.47 Å². The molecular weight excluding hydrogens is 314 g/mol. The standard InChI is InChI=1S/C13H16BrNO4/c1-8(6-13(17)18)5-12(16)15-10-7-9(14)3-4-11(10)19-2/h3-4,7-8H,5-6H2,1-2H3,(H,15,16)(H,17,18). The fourth-order valence-electron chi connectivity index (χ4n) is 1.67. The average molecular weight is 330 g/mol. The summed E-state index contributed by atoms with van der Waals surface area (Å²) in [7, 11) is 1.52. The molecule has 1 rings (SSSR count). The Bertz CT molecular complexity index is 476. The van der Waals surface area contributed by atoms with Gasteiger partial charge in [-0.15, -0.1) is 0 Å². The number of methoxy groups -OCH3 is 1. The van der Waals surface area contributed by atoms with Crippen LogP contribution in [0.25, 0.3) is 0 Å². The van der Waals surface area contributed by atoms with Crippen LogP contribution in [0, 0.1) is 5.92 Å². The highest BCUT2D eigenvalue weighted by Gasteiger charge is 2.14. The number of amides is 1. The van der Waals surface area contributed by atoms with Gasteiger partial charge >= 0.3 is 5.97 Å². The van der Waals surface area contributed by atoms with Gasteiger partial charge < -0.3 is 15.2 Å². The van der Waals surface area contributed by atoms with Crippen LogP contribution < -0.4 is 10.1 Å². The van der Waals surface area contributed by atoms with Crippen LogP contribution in [0.3, 0.4) is 0 Å². The Labute approximate surface area is 120 Å². The molecule has 0 saturated heterocycles.